The van der Waals surface area contributed by atoms with Crippen molar-refractivity contribution in [2.75, 3.05) is 0 Å². The Bertz CT molecular complexity index is 431. The van der Waals surface area contributed by atoms with Gasteiger partial charge in [-0.15, -0.1) is 0 Å². The van der Waals surface area contributed by atoms with E-state index in [-0.39, 0.29) is 16.0 Å². The Morgan fingerprint density at radius 2 is 2.00 bits per heavy atom. The molecule has 1 aromatic rings. The van der Waals surface area contributed by atoms with Crippen LogP contribution in [0.5, 0.6) is 0 Å². The second-order valence-electron chi connectivity index (χ2n) is 3.36. The summed E-state index contributed by atoms with van der Waals surface area (Å²) in [6.07, 6.45) is 0.740. The average Bonchev–Trinajstić information content (AvgIpc) is 2.17. The van der Waals surface area contributed by atoms with E-state index in [0.29, 0.717) is 0 Å². The molecular formula is C10H14ClNO2S. The first kappa shape index (κ1) is 12.5. The summed E-state index contributed by atoms with van der Waals surface area (Å²) in [6, 6.07) is 6.31. The van der Waals surface area contributed by atoms with Crippen molar-refractivity contribution < 1.29 is 8.42 Å². The molecular weight excluding hydrogens is 234 g/mol. The summed E-state index contributed by atoms with van der Waals surface area (Å²) in [5, 5.41) is 0.244. The first-order chi connectivity index (χ1) is 6.97. The number of rotatable bonds is 4. The molecule has 0 heterocycles. The molecule has 0 bridgehead atoms. The lowest BCUT2D eigenvalue weighted by Crippen LogP contribution is -2.32. The summed E-state index contributed by atoms with van der Waals surface area (Å²) in [4.78, 5) is 0.131. The van der Waals surface area contributed by atoms with Crippen molar-refractivity contribution in [2.45, 2.75) is 31.2 Å². The van der Waals surface area contributed by atoms with Gasteiger partial charge in [-0.25, -0.2) is 13.1 Å². The van der Waals surface area contributed by atoms with Gasteiger partial charge in [0.05, 0.1) is 5.02 Å². The van der Waals surface area contributed by atoms with E-state index in [2.05, 4.69) is 4.72 Å². The molecule has 3 nitrogen and oxygen atoms in total. The van der Waals surface area contributed by atoms with E-state index in [1.54, 1.807) is 18.2 Å². The third kappa shape index (κ3) is 3.19. The lowest BCUT2D eigenvalue weighted by atomic mass is 10.3. The minimum absolute atomic E-state index is 0.0914. The van der Waals surface area contributed by atoms with Crippen LogP contribution >= 0.6 is 11.6 Å². The van der Waals surface area contributed by atoms with E-state index in [4.69, 9.17) is 11.6 Å². The molecule has 0 aliphatic carbocycles. The Hall–Kier alpha value is -0.580. The zero-order valence-electron chi connectivity index (χ0n) is 8.70. The van der Waals surface area contributed by atoms with E-state index in [1.165, 1.54) is 6.07 Å². The van der Waals surface area contributed by atoms with Crippen LogP contribution in [-0.2, 0) is 10.0 Å². The maximum Gasteiger partial charge on any atom is 0.242 e. The van der Waals surface area contributed by atoms with Gasteiger partial charge in [-0.2, -0.15) is 0 Å². The summed E-state index contributed by atoms with van der Waals surface area (Å²) in [6.45, 7) is 3.73. The normalized spacial score (nSPS) is 13.8. The van der Waals surface area contributed by atoms with Gasteiger partial charge >= 0.3 is 0 Å². The van der Waals surface area contributed by atoms with Crippen LogP contribution < -0.4 is 4.72 Å². The summed E-state index contributed by atoms with van der Waals surface area (Å²) in [5.74, 6) is 0. The van der Waals surface area contributed by atoms with E-state index >= 15 is 0 Å². The fourth-order valence-electron chi connectivity index (χ4n) is 1.07. The summed E-state index contributed by atoms with van der Waals surface area (Å²) in [5.41, 5.74) is 0. The largest absolute Gasteiger partial charge is 0.242 e. The van der Waals surface area contributed by atoms with Crippen LogP contribution in [0, 0.1) is 0 Å². The molecule has 1 aromatic carbocycles. The van der Waals surface area contributed by atoms with E-state index < -0.39 is 10.0 Å². The standard InChI is InChI=1S/C10H14ClNO2S/c1-3-8(2)12-15(13,14)10-7-5-4-6-9(10)11/h4-8,12H,3H2,1-2H3. The minimum atomic E-state index is -3.48. The monoisotopic (exact) mass is 247 g/mol. The van der Waals surface area contributed by atoms with Crippen molar-refractivity contribution in [1.29, 1.82) is 0 Å². The van der Waals surface area contributed by atoms with Crippen LogP contribution in [0.15, 0.2) is 29.2 Å². The number of sulfonamides is 1. The molecule has 1 N–H and O–H groups in total. The van der Waals surface area contributed by atoms with Gasteiger partial charge in [0.1, 0.15) is 4.90 Å². The number of hydrogen-bond acceptors (Lipinski definition) is 2. The fraction of sp³-hybridized carbons (Fsp3) is 0.400. The molecule has 1 rings (SSSR count). The van der Waals surface area contributed by atoms with Crippen molar-refractivity contribution in [3.8, 4) is 0 Å². The minimum Gasteiger partial charge on any atom is -0.208 e. The third-order valence-electron chi connectivity index (χ3n) is 2.09. The molecule has 0 amide bonds. The van der Waals surface area contributed by atoms with Gasteiger partial charge in [0.15, 0.2) is 0 Å². The van der Waals surface area contributed by atoms with Crippen LogP contribution in [0.3, 0.4) is 0 Å². The van der Waals surface area contributed by atoms with E-state index in [1.807, 2.05) is 13.8 Å². The lowest BCUT2D eigenvalue weighted by molar-refractivity contribution is 0.556. The first-order valence-corrected chi connectivity index (χ1v) is 6.60. The van der Waals surface area contributed by atoms with Crippen molar-refractivity contribution in [1.82, 2.24) is 4.72 Å². The van der Waals surface area contributed by atoms with E-state index in [9.17, 15) is 8.42 Å². The van der Waals surface area contributed by atoms with Crippen molar-refractivity contribution in [3.05, 3.63) is 29.3 Å². The van der Waals surface area contributed by atoms with Gasteiger partial charge in [-0.1, -0.05) is 30.7 Å². The molecule has 0 saturated heterocycles. The number of benzene rings is 1. The van der Waals surface area contributed by atoms with Gasteiger partial charge in [-0.3, -0.25) is 0 Å². The van der Waals surface area contributed by atoms with Gasteiger partial charge in [0, 0.05) is 6.04 Å². The number of halogens is 1. The molecule has 0 radical (unpaired) electrons. The van der Waals surface area contributed by atoms with E-state index in [0.717, 1.165) is 6.42 Å². The Kier molecular flexibility index (Phi) is 4.13. The number of hydrogen-bond donors (Lipinski definition) is 1. The van der Waals surface area contributed by atoms with Crippen LogP contribution in [-0.4, -0.2) is 14.5 Å². The van der Waals surface area contributed by atoms with Gasteiger partial charge in [0.2, 0.25) is 10.0 Å². The molecule has 84 valence electrons. The summed E-state index contributed by atoms with van der Waals surface area (Å²) in [7, 11) is -3.48. The topological polar surface area (TPSA) is 46.2 Å². The maximum absolute atomic E-state index is 11.8. The van der Waals surface area contributed by atoms with Crippen molar-refractivity contribution in [3.63, 3.8) is 0 Å². The van der Waals surface area contributed by atoms with Crippen molar-refractivity contribution in [2.24, 2.45) is 0 Å². The highest BCUT2D eigenvalue weighted by molar-refractivity contribution is 7.89. The van der Waals surface area contributed by atoms with Crippen LogP contribution in [0.1, 0.15) is 20.3 Å². The first-order valence-electron chi connectivity index (χ1n) is 4.74. The van der Waals surface area contributed by atoms with Crippen LogP contribution in [0.4, 0.5) is 0 Å². The maximum atomic E-state index is 11.8. The van der Waals surface area contributed by atoms with Gasteiger partial charge in [-0.05, 0) is 25.5 Å². The molecule has 1 atom stereocenters. The predicted molar refractivity (Wildman–Crippen MR) is 61.5 cm³/mol. The average molecular weight is 248 g/mol. The third-order valence-corrected chi connectivity index (χ3v) is 4.18. The van der Waals surface area contributed by atoms with Crippen molar-refractivity contribution >= 4 is 21.6 Å². The Morgan fingerprint density at radius 3 is 2.53 bits per heavy atom. The van der Waals surface area contributed by atoms with Crippen LogP contribution in [0.2, 0.25) is 5.02 Å². The Balaban J connectivity index is 3.02. The molecule has 5 heteroatoms. The van der Waals surface area contributed by atoms with Gasteiger partial charge < -0.3 is 0 Å². The Labute approximate surface area is 95.5 Å². The second-order valence-corrected chi connectivity index (χ2v) is 5.45. The summed E-state index contributed by atoms with van der Waals surface area (Å²) >= 11 is 5.82. The SMILES string of the molecule is CCC(C)NS(=O)(=O)c1ccccc1Cl. The molecule has 1 unspecified atom stereocenters. The highest BCUT2D eigenvalue weighted by atomic mass is 35.5. The Morgan fingerprint density at radius 1 is 1.40 bits per heavy atom. The predicted octanol–water partition coefficient (Wildman–Crippen LogP) is 2.42. The smallest absolute Gasteiger partial charge is 0.208 e. The molecule has 0 spiro atoms. The molecule has 0 fully saturated rings. The summed E-state index contributed by atoms with van der Waals surface area (Å²) < 4.78 is 26.2. The quantitative estimate of drug-likeness (QED) is 0.888. The molecule has 0 aliphatic rings. The second kappa shape index (κ2) is 4.96. The zero-order chi connectivity index (χ0) is 11.5. The molecule has 0 aliphatic heterocycles. The zero-order valence-corrected chi connectivity index (χ0v) is 10.3. The number of nitrogens with one attached hydrogen (secondary N) is 1. The van der Waals surface area contributed by atoms with Gasteiger partial charge in [0.25, 0.3) is 0 Å². The van der Waals surface area contributed by atoms with Crippen LogP contribution in [0.25, 0.3) is 0 Å². The lowest BCUT2D eigenvalue weighted by Gasteiger charge is -2.12. The fourth-order valence-corrected chi connectivity index (χ4v) is 2.92. The molecule has 0 saturated carbocycles. The molecule has 0 aromatic heterocycles. The molecule has 15 heavy (non-hydrogen) atoms. The highest BCUT2D eigenvalue weighted by Gasteiger charge is 2.18. The highest BCUT2D eigenvalue weighted by Crippen LogP contribution is 2.20.